The van der Waals surface area contributed by atoms with Gasteiger partial charge in [0.2, 0.25) is 0 Å². The van der Waals surface area contributed by atoms with E-state index >= 15 is 0 Å². The number of amides is 1. The van der Waals surface area contributed by atoms with Crippen molar-refractivity contribution in [3.8, 4) is 5.75 Å². The van der Waals surface area contributed by atoms with Crippen molar-refractivity contribution in [2.45, 2.75) is 111 Å². The van der Waals surface area contributed by atoms with Gasteiger partial charge in [0.05, 0.1) is 57.6 Å². The third kappa shape index (κ3) is 14.9. The van der Waals surface area contributed by atoms with Crippen molar-refractivity contribution in [2.75, 3.05) is 66.4 Å². The summed E-state index contributed by atoms with van der Waals surface area (Å²) < 4.78 is 30.7. The van der Waals surface area contributed by atoms with Crippen molar-refractivity contribution in [2.24, 2.45) is 23.2 Å². The highest BCUT2D eigenvalue weighted by molar-refractivity contribution is 5.94. The van der Waals surface area contributed by atoms with Crippen LogP contribution in [0.1, 0.15) is 108 Å². The molecule has 2 aliphatic rings. The Balaban J connectivity index is 1.00. The topological polar surface area (TPSA) is 135 Å². The lowest BCUT2D eigenvalue weighted by Gasteiger charge is -2.23. The van der Waals surface area contributed by atoms with Crippen LogP contribution < -0.4 is 15.4 Å². The number of benzene rings is 1. The van der Waals surface area contributed by atoms with E-state index < -0.39 is 0 Å². The monoisotopic (exact) mass is 742 g/mol. The molecule has 2 N–H and O–H groups in total. The first-order chi connectivity index (χ1) is 25.5. The number of hydrogen-bond acceptors (Lipinski definition) is 10. The van der Waals surface area contributed by atoms with Gasteiger partial charge in [0.25, 0.3) is 5.91 Å². The zero-order chi connectivity index (χ0) is 38.1. The predicted octanol–water partition coefficient (Wildman–Crippen LogP) is 5.81. The molecule has 1 heterocycles. The third-order valence-electron chi connectivity index (χ3n) is 11.2. The number of hydrogen-bond donors (Lipinski definition) is 2. The number of aryl methyl sites for hydroxylation is 1. The summed E-state index contributed by atoms with van der Waals surface area (Å²) in [7, 11) is 1.97. The maximum absolute atomic E-state index is 12.5. The van der Waals surface area contributed by atoms with Gasteiger partial charge in [-0.05, 0) is 120 Å². The van der Waals surface area contributed by atoms with Gasteiger partial charge in [-0.2, -0.15) is 0 Å². The van der Waals surface area contributed by atoms with Crippen LogP contribution in [0.5, 0.6) is 5.75 Å². The molecule has 0 saturated heterocycles. The Morgan fingerprint density at radius 2 is 1.58 bits per heavy atom. The molecule has 2 aromatic rings. The molecule has 1 aromatic heterocycles. The number of carbonyl (C=O) groups excluding carboxylic acids is 2. The van der Waals surface area contributed by atoms with Crippen LogP contribution in [0.2, 0.25) is 0 Å². The number of esters is 1. The molecule has 3 atom stereocenters. The molecule has 0 spiro atoms. The summed E-state index contributed by atoms with van der Waals surface area (Å²) in [5.74, 6) is 2.17. The summed E-state index contributed by atoms with van der Waals surface area (Å²) in [6.07, 6.45) is 9.24. The Labute approximate surface area is 317 Å². The van der Waals surface area contributed by atoms with E-state index in [4.69, 9.17) is 23.7 Å². The van der Waals surface area contributed by atoms with Gasteiger partial charge in [0, 0.05) is 37.3 Å². The van der Waals surface area contributed by atoms with Crippen molar-refractivity contribution >= 4 is 11.9 Å². The van der Waals surface area contributed by atoms with Crippen molar-refractivity contribution in [3.63, 3.8) is 0 Å². The van der Waals surface area contributed by atoms with Crippen LogP contribution in [0.3, 0.4) is 0 Å². The fourth-order valence-electron chi connectivity index (χ4n) is 6.80. The zero-order valence-corrected chi connectivity index (χ0v) is 33.4. The third-order valence-corrected chi connectivity index (χ3v) is 11.2. The molecular formula is C41H67N5O7. The SMILES string of the molecule is CCC(C)(C)CCOCCCC(=O)OC[C@@H]1[C@@H]2CCc3nnn(CCOCCOCCNC(=O)c4ccc(OCCCC(C)(C)NC)cc4)c3CC[C@@H]21. The van der Waals surface area contributed by atoms with E-state index in [1.54, 1.807) is 12.1 Å². The van der Waals surface area contributed by atoms with Gasteiger partial charge in [-0.3, -0.25) is 9.59 Å². The fourth-order valence-corrected chi connectivity index (χ4v) is 6.80. The Bertz CT molecular complexity index is 1380. The Morgan fingerprint density at radius 1 is 0.868 bits per heavy atom. The number of rotatable bonds is 26. The standard InChI is InChI=1S/C41H67N5O7/c1-7-40(2,3)20-25-49-23-8-10-38(47)53-30-35-33-15-17-36-37(18-16-34(33)35)46(45-44-36)22-27-51-29-28-50-26-21-43-39(48)31-11-13-32(14-12-31)52-24-9-19-41(4,5)42-6/h11-14,33-35,42H,7-10,15-30H2,1-6H3,(H,43,48)/t33-,34+,35-/m1/s1. The molecule has 0 aliphatic heterocycles. The molecule has 0 bridgehead atoms. The number of fused-ring (bicyclic) bond motifs is 2. The first-order valence-electron chi connectivity index (χ1n) is 20.0. The Kier molecular flexibility index (Phi) is 17.5. The molecule has 298 valence electrons. The second kappa shape index (κ2) is 21.7. The van der Waals surface area contributed by atoms with Crippen LogP contribution >= 0.6 is 0 Å². The molecule has 4 rings (SSSR count). The summed E-state index contributed by atoms with van der Waals surface area (Å²) >= 11 is 0. The van der Waals surface area contributed by atoms with Gasteiger partial charge in [0.1, 0.15) is 5.75 Å². The summed E-state index contributed by atoms with van der Waals surface area (Å²) in [6.45, 7) is 16.5. The number of nitrogens with one attached hydrogen (secondary N) is 2. The minimum atomic E-state index is -0.139. The average Bonchev–Trinajstić information content (AvgIpc) is 3.66. The number of ether oxygens (including phenoxy) is 5. The highest BCUT2D eigenvalue weighted by Gasteiger charge is 2.50. The molecular weight excluding hydrogens is 674 g/mol. The van der Waals surface area contributed by atoms with Crippen LogP contribution in [0.25, 0.3) is 0 Å². The highest BCUT2D eigenvalue weighted by Crippen LogP contribution is 2.53. The smallest absolute Gasteiger partial charge is 0.305 e. The van der Waals surface area contributed by atoms with Gasteiger partial charge >= 0.3 is 5.97 Å². The number of nitrogens with zero attached hydrogens (tertiary/aromatic N) is 3. The second-order valence-corrected chi connectivity index (χ2v) is 16.0. The van der Waals surface area contributed by atoms with E-state index in [2.05, 4.69) is 55.6 Å². The Hall–Kier alpha value is -3.06. The van der Waals surface area contributed by atoms with E-state index in [1.165, 1.54) is 5.69 Å². The minimum absolute atomic E-state index is 0.0947. The number of carbonyl (C=O) groups is 2. The molecule has 12 heteroatoms. The van der Waals surface area contributed by atoms with Crippen LogP contribution in [-0.2, 0) is 43.1 Å². The largest absolute Gasteiger partial charge is 0.494 e. The normalized spacial score (nSPS) is 18.4. The quantitative estimate of drug-likeness (QED) is 0.0900. The van der Waals surface area contributed by atoms with Crippen LogP contribution in [0.15, 0.2) is 24.3 Å². The predicted molar refractivity (Wildman–Crippen MR) is 205 cm³/mol. The molecule has 1 fully saturated rings. The van der Waals surface area contributed by atoms with Crippen molar-refractivity contribution < 1.29 is 33.3 Å². The van der Waals surface area contributed by atoms with Gasteiger partial charge < -0.3 is 34.3 Å². The zero-order valence-electron chi connectivity index (χ0n) is 33.4. The molecule has 1 saturated carbocycles. The number of aromatic nitrogens is 3. The lowest BCUT2D eigenvalue weighted by atomic mass is 9.87. The highest BCUT2D eigenvalue weighted by atomic mass is 16.5. The second-order valence-electron chi connectivity index (χ2n) is 16.0. The van der Waals surface area contributed by atoms with Gasteiger partial charge in [0.15, 0.2) is 0 Å². The molecule has 0 radical (unpaired) electrons. The minimum Gasteiger partial charge on any atom is -0.494 e. The lowest BCUT2D eigenvalue weighted by molar-refractivity contribution is -0.144. The van der Waals surface area contributed by atoms with Crippen LogP contribution in [-0.4, -0.2) is 98.9 Å². The maximum Gasteiger partial charge on any atom is 0.305 e. The van der Waals surface area contributed by atoms with E-state index in [9.17, 15) is 9.59 Å². The molecule has 1 amide bonds. The van der Waals surface area contributed by atoms with Crippen molar-refractivity contribution in [3.05, 3.63) is 41.2 Å². The van der Waals surface area contributed by atoms with E-state index in [1.807, 2.05) is 23.9 Å². The van der Waals surface area contributed by atoms with Crippen LogP contribution in [0.4, 0.5) is 0 Å². The van der Waals surface area contributed by atoms with E-state index in [0.29, 0.717) is 101 Å². The summed E-state index contributed by atoms with van der Waals surface area (Å²) in [5, 5.41) is 15.1. The van der Waals surface area contributed by atoms with Crippen LogP contribution in [0, 0.1) is 23.2 Å². The fraction of sp³-hybridized carbons (Fsp3) is 0.756. The maximum atomic E-state index is 12.5. The van der Waals surface area contributed by atoms with Crippen molar-refractivity contribution in [1.29, 1.82) is 0 Å². The van der Waals surface area contributed by atoms with E-state index in [-0.39, 0.29) is 17.4 Å². The molecule has 1 aromatic carbocycles. The first kappa shape index (κ1) is 42.7. The summed E-state index contributed by atoms with van der Waals surface area (Å²) in [6, 6.07) is 7.22. The van der Waals surface area contributed by atoms with Gasteiger partial charge in [-0.25, -0.2) is 4.68 Å². The molecule has 12 nitrogen and oxygen atoms in total. The molecule has 2 aliphatic carbocycles. The molecule has 0 unspecified atom stereocenters. The van der Waals surface area contributed by atoms with Gasteiger partial charge in [-0.15, -0.1) is 5.10 Å². The van der Waals surface area contributed by atoms with Crippen molar-refractivity contribution in [1.82, 2.24) is 25.6 Å². The summed E-state index contributed by atoms with van der Waals surface area (Å²) in [5.41, 5.74) is 3.28. The van der Waals surface area contributed by atoms with Gasteiger partial charge in [-0.1, -0.05) is 32.4 Å². The first-order valence-corrected chi connectivity index (χ1v) is 20.0. The average molecular weight is 742 g/mol. The molecule has 53 heavy (non-hydrogen) atoms. The Morgan fingerprint density at radius 3 is 2.32 bits per heavy atom. The van der Waals surface area contributed by atoms with E-state index in [0.717, 1.165) is 69.4 Å². The summed E-state index contributed by atoms with van der Waals surface area (Å²) in [4.78, 5) is 24.8. The lowest BCUT2D eigenvalue weighted by Crippen LogP contribution is -2.36.